The fourth-order valence-electron chi connectivity index (χ4n) is 3.29. The molecule has 0 aromatic carbocycles. The molecule has 2 aromatic rings. The Bertz CT molecular complexity index is 693. The van der Waals surface area contributed by atoms with Crippen LogP contribution in [0.1, 0.15) is 54.3 Å². The van der Waals surface area contributed by atoms with E-state index in [0.717, 1.165) is 43.1 Å². The molecule has 3 heterocycles. The summed E-state index contributed by atoms with van der Waals surface area (Å²) >= 11 is 0. The number of hydrogen-bond donors (Lipinski definition) is 1. The number of nitrogens with one attached hydrogen (secondary N) is 1. The normalized spacial score (nSPS) is 16.1. The van der Waals surface area contributed by atoms with Crippen molar-refractivity contribution in [3.8, 4) is 0 Å². The Morgan fingerprint density at radius 1 is 1.36 bits per heavy atom. The van der Waals surface area contributed by atoms with Crippen LogP contribution >= 0.6 is 0 Å². The summed E-state index contributed by atoms with van der Waals surface area (Å²) in [6.45, 7) is 7.15. The number of carbonyl (C=O) groups excluding carboxylic acids is 1. The first kappa shape index (κ1) is 17.6. The topological polar surface area (TPSA) is 71.3 Å². The second-order valence-corrected chi connectivity index (χ2v) is 6.67. The molecule has 1 aliphatic heterocycles. The Morgan fingerprint density at radius 2 is 2.16 bits per heavy atom. The summed E-state index contributed by atoms with van der Waals surface area (Å²) in [7, 11) is 0. The van der Waals surface area contributed by atoms with Crippen molar-refractivity contribution in [3.05, 3.63) is 47.4 Å². The maximum atomic E-state index is 12.5. The van der Waals surface area contributed by atoms with E-state index in [-0.39, 0.29) is 11.9 Å². The van der Waals surface area contributed by atoms with Gasteiger partial charge in [-0.2, -0.15) is 0 Å². The van der Waals surface area contributed by atoms with Gasteiger partial charge in [0.05, 0.1) is 5.69 Å². The van der Waals surface area contributed by atoms with Gasteiger partial charge in [0.25, 0.3) is 5.91 Å². The highest BCUT2D eigenvalue weighted by Crippen LogP contribution is 2.21. The number of hydrogen-bond acceptors (Lipinski definition) is 5. The second kappa shape index (κ2) is 8.25. The van der Waals surface area contributed by atoms with Crippen molar-refractivity contribution in [1.82, 2.24) is 20.2 Å². The maximum absolute atomic E-state index is 12.5. The van der Waals surface area contributed by atoms with Gasteiger partial charge in [0.2, 0.25) is 0 Å². The van der Waals surface area contributed by atoms with Crippen molar-refractivity contribution in [3.63, 3.8) is 0 Å². The molecule has 1 saturated heterocycles. The van der Waals surface area contributed by atoms with Gasteiger partial charge < -0.3 is 9.73 Å². The predicted molar refractivity (Wildman–Crippen MR) is 95.3 cm³/mol. The van der Waals surface area contributed by atoms with E-state index >= 15 is 0 Å². The molecule has 1 N–H and O–H groups in total. The summed E-state index contributed by atoms with van der Waals surface area (Å²) in [5, 5.41) is 2.99. The van der Waals surface area contributed by atoms with Crippen LogP contribution < -0.4 is 5.32 Å². The van der Waals surface area contributed by atoms with E-state index in [1.165, 1.54) is 12.8 Å². The molecular weight excluding hydrogens is 316 g/mol. The van der Waals surface area contributed by atoms with Crippen LogP contribution in [-0.2, 0) is 19.4 Å². The molecule has 0 bridgehead atoms. The first-order chi connectivity index (χ1) is 12.2. The van der Waals surface area contributed by atoms with E-state index in [1.54, 1.807) is 18.6 Å². The lowest BCUT2D eigenvalue weighted by molar-refractivity contribution is 0.0910. The van der Waals surface area contributed by atoms with Crippen LogP contribution in [0.15, 0.2) is 29.1 Å². The minimum atomic E-state index is -0.168. The molecule has 25 heavy (non-hydrogen) atoms. The summed E-state index contributed by atoms with van der Waals surface area (Å²) in [6.07, 6.45) is 8.98. The van der Waals surface area contributed by atoms with Gasteiger partial charge in [0, 0.05) is 49.6 Å². The number of amides is 1. The summed E-state index contributed by atoms with van der Waals surface area (Å²) in [4.78, 5) is 23.2. The van der Waals surface area contributed by atoms with Gasteiger partial charge in [-0.3, -0.25) is 19.7 Å². The lowest BCUT2D eigenvalue weighted by Crippen LogP contribution is -2.34. The molecule has 6 nitrogen and oxygen atoms in total. The minimum absolute atomic E-state index is 0.0404. The summed E-state index contributed by atoms with van der Waals surface area (Å²) in [5.41, 5.74) is 2.00. The van der Waals surface area contributed by atoms with E-state index in [0.29, 0.717) is 12.2 Å². The Kier molecular flexibility index (Phi) is 5.81. The molecule has 1 amide bonds. The zero-order valence-electron chi connectivity index (χ0n) is 15.0. The van der Waals surface area contributed by atoms with Crippen molar-refractivity contribution in [2.75, 3.05) is 13.1 Å². The van der Waals surface area contributed by atoms with Crippen molar-refractivity contribution < 1.29 is 9.21 Å². The molecule has 6 heteroatoms. The number of carbonyl (C=O) groups is 1. The van der Waals surface area contributed by atoms with Gasteiger partial charge in [-0.05, 0) is 38.9 Å². The monoisotopic (exact) mass is 342 g/mol. The van der Waals surface area contributed by atoms with Crippen molar-refractivity contribution in [2.45, 2.75) is 52.1 Å². The fraction of sp³-hybridized carbons (Fsp3) is 0.526. The first-order valence-corrected chi connectivity index (χ1v) is 9.05. The zero-order chi connectivity index (χ0) is 17.6. The van der Waals surface area contributed by atoms with Crippen molar-refractivity contribution >= 4 is 5.91 Å². The quantitative estimate of drug-likeness (QED) is 0.837. The lowest BCUT2D eigenvalue weighted by Gasteiger charge is -2.13. The maximum Gasteiger partial charge on any atom is 0.287 e. The molecule has 0 saturated carbocycles. The van der Waals surface area contributed by atoms with Gasteiger partial charge in [0.1, 0.15) is 5.76 Å². The Hall–Kier alpha value is -2.21. The number of rotatable bonds is 7. The molecule has 2 aromatic heterocycles. The molecule has 1 aliphatic rings. The molecule has 0 aliphatic carbocycles. The van der Waals surface area contributed by atoms with E-state index in [4.69, 9.17) is 4.42 Å². The molecule has 1 fully saturated rings. The average Bonchev–Trinajstić information content (AvgIpc) is 3.25. The standard InChI is InChI=1S/C19H26N4O2/c1-3-17-15(13-23-8-4-5-9-23)11-18(25-17)19(24)22-14(2)10-16-12-20-6-7-21-16/h6-7,11-12,14H,3-5,8-10,13H2,1-2H3,(H,22,24)/t14-/m1/s1. The van der Waals surface area contributed by atoms with Gasteiger partial charge in [-0.15, -0.1) is 0 Å². The summed E-state index contributed by atoms with van der Waals surface area (Å²) in [6, 6.07) is 1.86. The zero-order valence-corrected chi connectivity index (χ0v) is 15.0. The molecule has 3 rings (SSSR count). The van der Waals surface area contributed by atoms with E-state index in [9.17, 15) is 4.79 Å². The average molecular weight is 342 g/mol. The van der Waals surface area contributed by atoms with Gasteiger partial charge in [0.15, 0.2) is 5.76 Å². The Labute approximate surface area is 148 Å². The largest absolute Gasteiger partial charge is 0.456 e. The third-order valence-corrected chi connectivity index (χ3v) is 4.54. The van der Waals surface area contributed by atoms with Crippen LogP contribution in [0.4, 0.5) is 0 Å². The van der Waals surface area contributed by atoms with Crippen molar-refractivity contribution in [1.29, 1.82) is 0 Å². The lowest BCUT2D eigenvalue weighted by atomic mass is 10.1. The highest BCUT2D eigenvalue weighted by atomic mass is 16.4. The van der Waals surface area contributed by atoms with E-state index in [2.05, 4.69) is 27.1 Å². The number of likely N-dealkylation sites (tertiary alicyclic amines) is 1. The van der Waals surface area contributed by atoms with Crippen LogP contribution in [0.2, 0.25) is 0 Å². The Balaban J connectivity index is 1.62. The molecule has 134 valence electrons. The molecule has 0 spiro atoms. The van der Waals surface area contributed by atoms with Crippen LogP contribution in [0.25, 0.3) is 0 Å². The highest BCUT2D eigenvalue weighted by Gasteiger charge is 2.20. The number of nitrogens with zero attached hydrogens (tertiary/aromatic N) is 3. The van der Waals surface area contributed by atoms with Crippen LogP contribution in [-0.4, -0.2) is 39.9 Å². The third kappa shape index (κ3) is 4.66. The summed E-state index contributed by atoms with van der Waals surface area (Å²) in [5.74, 6) is 1.15. The van der Waals surface area contributed by atoms with Gasteiger partial charge in [-0.1, -0.05) is 6.92 Å². The fourth-order valence-corrected chi connectivity index (χ4v) is 3.29. The molecule has 0 unspecified atom stereocenters. The molecule has 0 radical (unpaired) electrons. The van der Waals surface area contributed by atoms with E-state index in [1.807, 2.05) is 13.0 Å². The van der Waals surface area contributed by atoms with Crippen LogP contribution in [0.3, 0.4) is 0 Å². The smallest absolute Gasteiger partial charge is 0.287 e. The number of furan rings is 1. The van der Waals surface area contributed by atoms with Gasteiger partial charge >= 0.3 is 0 Å². The Morgan fingerprint density at radius 3 is 2.84 bits per heavy atom. The van der Waals surface area contributed by atoms with Crippen molar-refractivity contribution in [2.24, 2.45) is 0 Å². The van der Waals surface area contributed by atoms with Gasteiger partial charge in [-0.25, -0.2) is 0 Å². The number of aryl methyl sites for hydroxylation is 1. The third-order valence-electron chi connectivity index (χ3n) is 4.54. The van der Waals surface area contributed by atoms with E-state index < -0.39 is 0 Å². The molecule has 1 atom stereocenters. The first-order valence-electron chi connectivity index (χ1n) is 9.05. The predicted octanol–water partition coefficient (Wildman–Crippen LogP) is 2.59. The van der Waals surface area contributed by atoms with Crippen LogP contribution in [0.5, 0.6) is 0 Å². The minimum Gasteiger partial charge on any atom is -0.456 e. The molecular formula is C19H26N4O2. The SMILES string of the molecule is CCc1oc(C(=O)N[C@H](C)Cc2cnccn2)cc1CN1CCCC1. The summed E-state index contributed by atoms with van der Waals surface area (Å²) < 4.78 is 5.82. The second-order valence-electron chi connectivity index (χ2n) is 6.67. The van der Waals surface area contributed by atoms with Crippen LogP contribution in [0, 0.1) is 0 Å². The highest BCUT2D eigenvalue weighted by molar-refractivity contribution is 5.92. The number of aromatic nitrogens is 2.